The maximum Gasteiger partial charge on any atom is 0.336 e. The minimum atomic E-state index is -0.383. The molecular formula is C16H17NO4. The zero-order chi connectivity index (χ0) is 15.4. The van der Waals surface area contributed by atoms with Crippen LogP contribution in [0.3, 0.4) is 0 Å². The molecule has 0 unspecified atom stereocenters. The molecule has 1 amide bonds. The first kappa shape index (κ1) is 14.8. The second kappa shape index (κ2) is 6.26. The summed E-state index contributed by atoms with van der Waals surface area (Å²) in [6.45, 7) is 7.74. The van der Waals surface area contributed by atoms with Gasteiger partial charge < -0.3 is 14.5 Å². The van der Waals surface area contributed by atoms with E-state index in [0.29, 0.717) is 30.1 Å². The summed E-state index contributed by atoms with van der Waals surface area (Å²) in [6, 6.07) is 6.77. The molecule has 0 atom stereocenters. The summed E-state index contributed by atoms with van der Waals surface area (Å²) in [5, 5.41) is 3.54. The van der Waals surface area contributed by atoms with Gasteiger partial charge in [-0.25, -0.2) is 4.79 Å². The summed E-state index contributed by atoms with van der Waals surface area (Å²) in [5.41, 5.74) is 1.42. The third-order valence-electron chi connectivity index (χ3n) is 2.97. The van der Waals surface area contributed by atoms with Gasteiger partial charge in [0.15, 0.2) is 0 Å². The van der Waals surface area contributed by atoms with Gasteiger partial charge in [0, 0.05) is 23.1 Å². The fourth-order valence-electron chi connectivity index (χ4n) is 1.88. The maximum atomic E-state index is 11.4. The monoisotopic (exact) mass is 287 g/mol. The number of ether oxygens (including phenoxy) is 1. The van der Waals surface area contributed by atoms with Crippen molar-refractivity contribution in [3.8, 4) is 5.75 Å². The van der Waals surface area contributed by atoms with E-state index in [4.69, 9.17) is 9.15 Å². The van der Waals surface area contributed by atoms with Crippen molar-refractivity contribution >= 4 is 16.9 Å². The summed E-state index contributed by atoms with van der Waals surface area (Å²) < 4.78 is 10.7. The molecule has 0 bridgehead atoms. The molecule has 2 rings (SSSR count). The van der Waals surface area contributed by atoms with Gasteiger partial charge in [-0.3, -0.25) is 4.79 Å². The fourth-order valence-corrected chi connectivity index (χ4v) is 1.88. The van der Waals surface area contributed by atoms with Gasteiger partial charge in [-0.1, -0.05) is 6.58 Å². The number of carbonyl (C=O) groups excluding carboxylic acids is 1. The third kappa shape index (κ3) is 3.72. The Morgan fingerprint density at radius 3 is 2.86 bits per heavy atom. The van der Waals surface area contributed by atoms with Crippen LogP contribution in [0.5, 0.6) is 5.75 Å². The van der Waals surface area contributed by atoms with Crippen LogP contribution in [-0.4, -0.2) is 19.1 Å². The van der Waals surface area contributed by atoms with Crippen LogP contribution in [0.4, 0.5) is 0 Å². The van der Waals surface area contributed by atoms with Crippen LogP contribution in [0.15, 0.2) is 45.6 Å². The second-order valence-corrected chi connectivity index (χ2v) is 4.79. The first-order valence-corrected chi connectivity index (χ1v) is 6.58. The van der Waals surface area contributed by atoms with Gasteiger partial charge >= 0.3 is 5.63 Å². The van der Waals surface area contributed by atoms with E-state index in [1.807, 2.05) is 13.0 Å². The predicted molar refractivity (Wildman–Crippen MR) is 80.5 cm³/mol. The highest BCUT2D eigenvalue weighted by Crippen LogP contribution is 2.21. The molecular weight excluding hydrogens is 270 g/mol. The standard InChI is InChI=1S/C16H17NO4/c1-10(2)16(19)17-6-7-20-12-4-5-13-11(3)8-15(18)21-14(13)9-12/h4-5,8-9H,1,6-7H2,2-3H3,(H,17,19). The van der Waals surface area contributed by atoms with Crippen molar-refractivity contribution in [1.29, 1.82) is 0 Å². The van der Waals surface area contributed by atoms with Crippen molar-refractivity contribution in [1.82, 2.24) is 5.32 Å². The number of carbonyl (C=O) groups is 1. The van der Waals surface area contributed by atoms with Crippen molar-refractivity contribution in [2.45, 2.75) is 13.8 Å². The van der Waals surface area contributed by atoms with E-state index >= 15 is 0 Å². The second-order valence-electron chi connectivity index (χ2n) is 4.79. The lowest BCUT2D eigenvalue weighted by Gasteiger charge is -2.08. The van der Waals surface area contributed by atoms with Crippen LogP contribution in [0.2, 0.25) is 0 Å². The molecule has 1 aromatic carbocycles. The summed E-state index contributed by atoms with van der Waals surface area (Å²) >= 11 is 0. The van der Waals surface area contributed by atoms with Crippen molar-refractivity contribution in [3.63, 3.8) is 0 Å². The Morgan fingerprint density at radius 2 is 2.14 bits per heavy atom. The summed E-state index contributed by atoms with van der Waals surface area (Å²) in [6.07, 6.45) is 0. The van der Waals surface area contributed by atoms with Crippen LogP contribution in [0.25, 0.3) is 11.0 Å². The molecule has 5 nitrogen and oxygen atoms in total. The van der Waals surface area contributed by atoms with E-state index in [2.05, 4.69) is 11.9 Å². The average Bonchev–Trinajstić information content (AvgIpc) is 2.42. The highest BCUT2D eigenvalue weighted by molar-refractivity contribution is 5.92. The van der Waals surface area contributed by atoms with Crippen molar-refractivity contribution in [3.05, 3.63) is 52.4 Å². The molecule has 110 valence electrons. The third-order valence-corrected chi connectivity index (χ3v) is 2.97. The first-order chi connectivity index (χ1) is 9.97. The zero-order valence-electron chi connectivity index (χ0n) is 12.1. The molecule has 2 aromatic rings. The zero-order valence-corrected chi connectivity index (χ0v) is 12.1. The van der Waals surface area contributed by atoms with Gasteiger partial charge in [0.1, 0.15) is 17.9 Å². The van der Waals surface area contributed by atoms with Gasteiger partial charge in [-0.15, -0.1) is 0 Å². The Morgan fingerprint density at radius 1 is 1.38 bits per heavy atom. The van der Waals surface area contributed by atoms with Gasteiger partial charge in [-0.2, -0.15) is 0 Å². The molecule has 5 heteroatoms. The van der Waals surface area contributed by atoms with Crippen molar-refractivity contribution in [2.75, 3.05) is 13.2 Å². The number of hydrogen-bond donors (Lipinski definition) is 1. The quantitative estimate of drug-likeness (QED) is 0.520. The normalized spacial score (nSPS) is 10.4. The lowest BCUT2D eigenvalue weighted by atomic mass is 10.1. The van der Waals surface area contributed by atoms with Crippen LogP contribution in [0.1, 0.15) is 12.5 Å². The fraction of sp³-hybridized carbons (Fsp3) is 0.250. The predicted octanol–water partition coefficient (Wildman–Crippen LogP) is 2.17. The lowest BCUT2D eigenvalue weighted by Crippen LogP contribution is -2.28. The minimum Gasteiger partial charge on any atom is -0.492 e. The van der Waals surface area contributed by atoms with Crippen molar-refractivity contribution in [2.24, 2.45) is 0 Å². The Bertz CT molecular complexity index is 746. The Balaban J connectivity index is 2.02. The molecule has 0 aliphatic carbocycles. The van der Waals surface area contributed by atoms with Crippen LogP contribution < -0.4 is 15.7 Å². The van der Waals surface area contributed by atoms with E-state index in [1.54, 1.807) is 19.1 Å². The Hall–Kier alpha value is -2.56. The molecule has 1 heterocycles. The SMILES string of the molecule is C=C(C)C(=O)NCCOc1ccc2c(C)cc(=O)oc2c1. The number of hydrogen-bond acceptors (Lipinski definition) is 4. The molecule has 1 N–H and O–H groups in total. The average molecular weight is 287 g/mol. The molecule has 0 saturated carbocycles. The molecule has 1 aromatic heterocycles. The largest absolute Gasteiger partial charge is 0.492 e. The topological polar surface area (TPSA) is 68.5 Å². The Labute approximate surface area is 122 Å². The molecule has 0 fully saturated rings. The lowest BCUT2D eigenvalue weighted by molar-refractivity contribution is -0.117. The number of fused-ring (bicyclic) bond motifs is 1. The number of amides is 1. The van der Waals surface area contributed by atoms with Gasteiger partial charge in [0.2, 0.25) is 5.91 Å². The Kier molecular flexibility index (Phi) is 4.42. The number of aryl methyl sites for hydroxylation is 1. The maximum absolute atomic E-state index is 11.4. The van der Waals surface area contributed by atoms with Crippen LogP contribution in [0, 0.1) is 6.92 Å². The number of benzene rings is 1. The summed E-state index contributed by atoms with van der Waals surface area (Å²) in [7, 11) is 0. The van der Waals surface area contributed by atoms with Crippen LogP contribution >= 0.6 is 0 Å². The van der Waals surface area contributed by atoms with E-state index in [1.165, 1.54) is 6.07 Å². The van der Waals surface area contributed by atoms with Gasteiger partial charge in [0.05, 0.1) is 6.54 Å². The highest BCUT2D eigenvalue weighted by atomic mass is 16.5. The highest BCUT2D eigenvalue weighted by Gasteiger charge is 2.04. The number of rotatable bonds is 5. The summed E-state index contributed by atoms with van der Waals surface area (Å²) in [4.78, 5) is 22.6. The molecule has 0 radical (unpaired) electrons. The van der Waals surface area contributed by atoms with Gasteiger partial charge in [-0.05, 0) is 31.5 Å². The van der Waals surface area contributed by atoms with Gasteiger partial charge in [0.25, 0.3) is 0 Å². The summed E-state index contributed by atoms with van der Waals surface area (Å²) in [5.74, 6) is 0.388. The molecule has 21 heavy (non-hydrogen) atoms. The number of nitrogens with one attached hydrogen (secondary N) is 1. The molecule has 0 spiro atoms. The van der Waals surface area contributed by atoms with E-state index in [-0.39, 0.29) is 11.5 Å². The van der Waals surface area contributed by atoms with E-state index < -0.39 is 0 Å². The molecule has 0 aliphatic rings. The first-order valence-electron chi connectivity index (χ1n) is 6.58. The van der Waals surface area contributed by atoms with E-state index in [0.717, 1.165) is 10.9 Å². The molecule has 0 saturated heterocycles. The van der Waals surface area contributed by atoms with Crippen LogP contribution in [-0.2, 0) is 4.79 Å². The molecule has 0 aliphatic heterocycles. The van der Waals surface area contributed by atoms with Crippen molar-refractivity contribution < 1.29 is 13.9 Å². The smallest absolute Gasteiger partial charge is 0.336 e. The minimum absolute atomic E-state index is 0.196. The van der Waals surface area contributed by atoms with E-state index in [9.17, 15) is 9.59 Å².